The SMILES string of the molecule is CC1=C(C=O)CCC(C)(C)C1(O)O. The van der Waals surface area contributed by atoms with Crippen LogP contribution in [0, 0.1) is 5.41 Å². The molecule has 2 N–H and O–H groups in total. The van der Waals surface area contributed by atoms with Crippen LogP contribution in [0.1, 0.15) is 33.6 Å². The summed E-state index contributed by atoms with van der Waals surface area (Å²) in [7, 11) is 0. The average molecular weight is 184 g/mol. The Morgan fingerprint density at radius 2 is 1.92 bits per heavy atom. The van der Waals surface area contributed by atoms with Crippen LogP contribution in [0.3, 0.4) is 0 Å². The van der Waals surface area contributed by atoms with Crippen molar-refractivity contribution in [3.8, 4) is 0 Å². The van der Waals surface area contributed by atoms with Crippen molar-refractivity contribution >= 4 is 6.29 Å². The summed E-state index contributed by atoms with van der Waals surface area (Å²) in [4.78, 5) is 10.6. The van der Waals surface area contributed by atoms with E-state index >= 15 is 0 Å². The van der Waals surface area contributed by atoms with E-state index in [4.69, 9.17) is 0 Å². The Morgan fingerprint density at radius 3 is 2.38 bits per heavy atom. The Hall–Kier alpha value is -0.670. The van der Waals surface area contributed by atoms with Crippen molar-refractivity contribution in [1.29, 1.82) is 0 Å². The number of allylic oxidation sites excluding steroid dienone is 1. The average Bonchev–Trinajstić information content (AvgIpc) is 2.02. The molecule has 74 valence electrons. The van der Waals surface area contributed by atoms with Crippen LogP contribution in [0.15, 0.2) is 11.1 Å². The number of aliphatic hydroxyl groups is 2. The second kappa shape index (κ2) is 2.93. The maximum absolute atomic E-state index is 10.6. The number of carbonyl (C=O) groups excluding carboxylic acids is 1. The van der Waals surface area contributed by atoms with Crippen LogP contribution < -0.4 is 0 Å². The summed E-state index contributed by atoms with van der Waals surface area (Å²) >= 11 is 0. The minimum atomic E-state index is -1.85. The van der Waals surface area contributed by atoms with Crippen LogP contribution in [-0.4, -0.2) is 22.3 Å². The van der Waals surface area contributed by atoms with Crippen molar-refractivity contribution in [3.05, 3.63) is 11.1 Å². The maximum Gasteiger partial charge on any atom is 0.191 e. The molecule has 1 rings (SSSR count). The highest BCUT2D eigenvalue weighted by Crippen LogP contribution is 2.44. The van der Waals surface area contributed by atoms with Gasteiger partial charge in [0.1, 0.15) is 6.29 Å². The molecule has 0 aromatic heterocycles. The summed E-state index contributed by atoms with van der Waals surface area (Å²) < 4.78 is 0. The van der Waals surface area contributed by atoms with Crippen LogP contribution in [-0.2, 0) is 4.79 Å². The fourth-order valence-corrected chi connectivity index (χ4v) is 1.69. The van der Waals surface area contributed by atoms with E-state index in [1.165, 1.54) is 0 Å². The molecule has 13 heavy (non-hydrogen) atoms. The van der Waals surface area contributed by atoms with E-state index in [1.807, 2.05) is 0 Å². The van der Waals surface area contributed by atoms with Gasteiger partial charge in [-0.2, -0.15) is 0 Å². The van der Waals surface area contributed by atoms with Gasteiger partial charge in [-0.15, -0.1) is 0 Å². The molecule has 0 aromatic carbocycles. The van der Waals surface area contributed by atoms with Gasteiger partial charge < -0.3 is 10.2 Å². The summed E-state index contributed by atoms with van der Waals surface area (Å²) in [5.41, 5.74) is 0.326. The summed E-state index contributed by atoms with van der Waals surface area (Å²) in [6.07, 6.45) is 1.96. The lowest BCUT2D eigenvalue weighted by atomic mass is 9.70. The molecule has 0 fully saturated rings. The van der Waals surface area contributed by atoms with Crippen LogP contribution in [0.2, 0.25) is 0 Å². The first kappa shape index (κ1) is 10.4. The molecule has 0 bridgehead atoms. The lowest BCUT2D eigenvalue weighted by molar-refractivity contribution is -0.210. The van der Waals surface area contributed by atoms with Gasteiger partial charge in [0.15, 0.2) is 5.79 Å². The van der Waals surface area contributed by atoms with Crippen molar-refractivity contribution in [2.45, 2.75) is 39.4 Å². The van der Waals surface area contributed by atoms with E-state index in [-0.39, 0.29) is 0 Å². The predicted octanol–water partition coefficient (Wildman–Crippen LogP) is 1.00. The van der Waals surface area contributed by atoms with Crippen molar-refractivity contribution in [1.82, 2.24) is 0 Å². The van der Waals surface area contributed by atoms with Gasteiger partial charge in [-0.1, -0.05) is 13.8 Å². The molecule has 0 aliphatic heterocycles. The van der Waals surface area contributed by atoms with Crippen LogP contribution in [0.5, 0.6) is 0 Å². The maximum atomic E-state index is 10.6. The van der Waals surface area contributed by atoms with Crippen molar-refractivity contribution in [2.24, 2.45) is 5.41 Å². The molecule has 0 spiro atoms. The van der Waals surface area contributed by atoms with Crippen molar-refractivity contribution in [2.75, 3.05) is 0 Å². The Bertz CT molecular complexity index is 261. The summed E-state index contributed by atoms with van der Waals surface area (Å²) in [5, 5.41) is 19.6. The molecular formula is C10H16O3. The highest BCUT2D eigenvalue weighted by molar-refractivity contribution is 5.75. The van der Waals surface area contributed by atoms with E-state index < -0.39 is 11.2 Å². The number of rotatable bonds is 1. The van der Waals surface area contributed by atoms with Gasteiger partial charge >= 0.3 is 0 Å². The summed E-state index contributed by atoms with van der Waals surface area (Å²) in [5.74, 6) is -1.85. The monoisotopic (exact) mass is 184 g/mol. The molecule has 0 aromatic rings. The largest absolute Gasteiger partial charge is 0.362 e. The van der Waals surface area contributed by atoms with Crippen molar-refractivity contribution in [3.63, 3.8) is 0 Å². The van der Waals surface area contributed by atoms with Gasteiger partial charge in [-0.05, 0) is 30.9 Å². The van der Waals surface area contributed by atoms with E-state index in [9.17, 15) is 15.0 Å². The third-order valence-electron chi connectivity index (χ3n) is 3.11. The van der Waals surface area contributed by atoms with Gasteiger partial charge in [0.25, 0.3) is 0 Å². The Morgan fingerprint density at radius 1 is 1.38 bits per heavy atom. The molecule has 3 heteroatoms. The fourth-order valence-electron chi connectivity index (χ4n) is 1.69. The standard InChI is InChI=1S/C10H16O3/c1-7-8(6-11)4-5-9(2,3)10(7,12)13/h6,12-13H,4-5H2,1-3H3. The van der Waals surface area contributed by atoms with Gasteiger partial charge in [0.2, 0.25) is 0 Å². The lowest BCUT2D eigenvalue weighted by Gasteiger charge is -2.43. The molecule has 0 radical (unpaired) electrons. The third-order valence-corrected chi connectivity index (χ3v) is 3.11. The van der Waals surface area contributed by atoms with E-state index in [2.05, 4.69) is 0 Å². The molecular weight excluding hydrogens is 168 g/mol. The predicted molar refractivity (Wildman–Crippen MR) is 48.9 cm³/mol. The molecule has 0 saturated carbocycles. The number of aldehydes is 1. The first-order valence-corrected chi connectivity index (χ1v) is 4.43. The van der Waals surface area contributed by atoms with Gasteiger partial charge in [0, 0.05) is 5.41 Å². The minimum Gasteiger partial charge on any atom is -0.362 e. The highest BCUT2D eigenvalue weighted by atomic mass is 16.5. The summed E-state index contributed by atoms with van der Waals surface area (Å²) in [6, 6.07) is 0. The molecule has 1 aliphatic carbocycles. The second-order valence-electron chi connectivity index (χ2n) is 4.32. The zero-order valence-corrected chi connectivity index (χ0v) is 8.29. The first-order chi connectivity index (χ1) is 5.83. The van der Waals surface area contributed by atoms with Gasteiger partial charge in [-0.25, -0.2) is 0 Å². The molecule has 0 unspecified atom stereocenters. The first-order valence-electron chi connectivity index (χ1n) is 4.43. The normalized spacial score (nSPS) is 25.9. The Labute approximate surface area is 78.1 Å². The Balaban J connectivity index is 3.18. The summed E-state index contributed by atoms with van der Waals surface area (Å²) in [6.45, 7) is 5.18. The zero-order chi connectivity index (χ0) is 10.3. The molecule has 0 saturated heterocycles. The van der Waals surface area contributed by atoms with E-state index in [0.717, 1.165) is 0 Å². The smallest absolute Gasteiger partial charge is 0.191 e. The number of carbonyl (C=O) groups is 1. The van der Waals surface area contributed by atoms with E-state index in [1.54, 1.807) is 20.8 Å². The molecule has 0 amide bonds. The second-order valence-corrected chi connectivity index (χ2v) is 4.32. The zero-order valence-electron chi connectivity index (χ0n) is 8.29. The highest BCUT2D eigenvalue weighted by Gasteiger charge is 2.46. The quantitative estimate of drug-likeness (QED) is 0.472. The molecule has 0 atom stereocenters. The van der Waals surface area contributed by atoms with Crippen molar-refractivity contribution < 1.29 is 15.0 Å². The van der Waals surface area contributed by atoms with Gasteiger partial charge in [0.05, 0.1) is 0 Å². The van der Waals surface area contributed by atoms with Crippen LogP contribution >= 0.6 is 0 Å². The number of hydrogen-bond acceptors (Lipinski definition) is 3. The third kappa shape index (κ3) is 1.42. The Kier molecular flexibility index (Phi) is 2.34. The van der Waals surface area contributed by atoms with Crippen LogP contribution in [0.25, 0.3) is 0 Å². The molecule has 1 aliphatic rings. The fraction of sp³-hybridized carbons (Fsp3) is 0.700. The number of hydrogen-bond donors (Lipinski definition) is 2. The van der Waals surface area contributed by atoms with Crippen LogP contribution in [0.4, 0.5) is 0 Å². The minimum absolute atomic E-state index is 0.388. The topological polar surface area (TPSA) is 57.5 Å². The lowest BCUT2D eigenvalue weighted by Crippen LogP contribution is -2.48. The molecule has 0 heterocycles. The van der Waals surface area contributed by atoms with Gasteiger partial charge in [-0.3, -0.25) is 4.79 Å². The molecule has 3 nitrogen and oxygen atoms in total. The van der Waals surface area contributed by atoms with E-state index in [0.29, 0.717) is 30.3 Å².